The third-order valence-electron chi connectivity index (χ3n) is 3.48. The van der Waals surface area contributed by atoms with Crippen molar-refractivity contribution in [3.8, 4) is 0 Å². The molecule has 0 saturated carbocycles. The topological polar surface area (TPSA) is 83.6 Å². The molecular weight excluding hydrogens is 300 g/mol. The van der Waals surface area contributed by atoms with Gasteiger partial charge in [-0.1, -0.05) is 42.0 Å². The van der Waals surface area contributed by atoms with Gasteiger partial charge in [-0.05, 0) is 36.6 Å². The molecule has 0 unspecified atom stereocenters. The Morgan fingerprint density at radius 3 is 2.23 bits per heavy atom. The molecule has 3 N–H and O–H groups in total. The van der Waals surface area contributed by atoms with Gasteiger partial charge in [0.25, 0.3) is 10.1 Å². The zero-order chi connectivity index (χ0) is 16.2. The smallest absolute Gasteiger partial charge is 0.282 e. The van der Waals surface area contributed by atoms with E-state index in [2.05, 4.69) is 24.3 Å². The predicted molar refractivity (Wildman–Crippen MR) is 85.7 cm³/mol. The lowest BCUT2D eigenvalue weighted by molar-refractivity contribution is 0.263. The van der Waals surface area contributed by atoms with E-state index in [4.69, 9.17) is 10.4 Å². The van der Waals surface area contributed by atoms with Crippen LogP contribution in [0.4, 0.5) is 0 Å². The maximum atomic E-state index is 10.5. The molecule has 0 spiro atoms. The Morgan fingerprint density at radius 2 is 1.64 bits per heavy atom. The largest absolute Gasteiger partial charge is 0.294 e. The van der Waals surface area contributed by atoms with Crippen molar-refractivity contribution < 1.29 is 13.0 Å². The average Bonchev–Trinajstić information content (AvgIpc) is 2.47. The lowest BCUT2D eigenvalue weighted by Gasteiger charge is -2.23. The summed E-state index contributed by atoms with van der Waals surface area (Å²) in [6.45, 7) is 3.72. The van der Waals surface area contributed by atoms with Crippen LogP contribution in [0.25, 0.3) is 0 Å². The number of nitrogens with two attached hydrogens (primary N) is 1. The molecule has 0 aromatic heterocycles. The molecule has 6 heteroatoms. The Balaban J connectivity index is 0.000000160. The summed E-state index contributed by atoms with van der Waals surface area (Å²) in [6.07, 6.45) is 1.09. The van der Waals surface area contributed by atoms with E-state index in [1.807, 2.05) is 11.9 Å². The minimum absolute atomic E-state index is 0.0666. The van der Waals surface area contributed by atoms with Crippen LogP contribution in [0.5, 0.6) is 0 Å². The second-order valence-electron chi connectivity index (χ2n) is 5.28. The Kier molecular flexibility index (Phi) is 5.31. The van der Waals surface area contributed by atoms with E-state index in [1.165, 1.54) is 23.3 Å². The second-order valence-corrected chi connectivity index (χ2v) is 6.70. The number of hydrazine groups is 1. The first kappa shape index (κ1) is 16.6. The quantitative estimate of drug-likeness (QED) is 0.621. The highest BCUT2D eigenvalue weighted by Gasteiger charge is 2.11. The normalized spacial score (nSPS) is 14.7. The third kappa shape index (κ3) is 4.64. The van der Waals surface area contributed by atoms with Gasteiger partial charge in [-0.25, -0.2) is 5.01 Å². The molecular formula is C16H20N2O3S. The number of nitrogens with zero attached hydrogens (tertiary/aromatic N) is 1. The van der Waals surface area contributed by atoms with E-state index in [0.717, 1.165) is 25.1 Å². The number of rotatable bonds is 1. The van der Waals surface area contributed by atoms with Crippen LogP contribution >= 0.6 is 0 Å². The maximum Gasteiger partial charge on any atom is 0.294 e. The number of benzene rings is 2. The number of fused-ring (bicyclic) bond motifs is 1. The van der Waals surface area contributed by atoms with Gasteiger partial charge in [-0.3, -0.25) is 10.4 Å². The van der Waals surface area contributed by atoms with Crippen molar-refractivity contribution >= 4 is 10.1 Å². The first-order chi connectivity index (χ1) is 10.4. The Morgan fingerprint density at radius 1 is 1.05 bits per heavy atom. The highest BCUT2D eigenvalue weighted by Crippen LogP contribution is 2.15. The third-order valence-corrected chi connectivity index (χ3v) is 4.35. The number of hydrogen-bond donors (Lipinski definition) is 2. The van der Waals surface area contributed by atoms with Gasteiger partial charge >= 0.3 is 0 Å². The van der Waals surface area contributed by atoms with Crippen LogP contribution < -0.4 is 5.84 Å². The lowest BCUT2D eigenvalue weighted by Crippen LogP contribution is -2.35. The second kappa shape index (κ2) is 7.02. The van der Waals surface area contributed by atoms with E-state index in [0.29, 0.717) is 0 Å². The molecule has 2 aromatic rings. The molecule has 0 fully saturated rings. The monoisotopic (exact) mass is 320 g/mol. The van der Waals surface area contributed by atoms with Gasteiger partial charge in [-0.2, -0.15) is 8.42 Å². The summed E-state index contributed by atoms with van der Waals surface area (Å²) in [7, 11) is -4.02. The predicted octanol–water partition coefficient (Wildman–Crippen LogP) is 2.16. The van der Waals surface area contributed by atoms with E-state index in [1.54, 1.807) is 12.1 Å². The van der Waals surface area contributed by atoms with Crippen molar-refractivity contribution in [2.75, 3.05) is 6.54 Å². The van der Waals surface area contributed by atoms with E-state index >= 15 is 0 Å². The van der Waals surface area contributed by atoms with Gasteiger partial charge < -0.3 is 0 Å². The molecule has 1 heterocycles. The zero-order valence-electron chi connectivity index (χ0n) is 12.4. The van der Waals surface area contributed by atoms with Gasteiger partial charge in [0.05, 0.1) is 4.90 Å². The first-order valence-electron chi connectivity index (χ1n) is 6.97. The highest BCUT2D eigenvalue weighted by molar-refractivity contribution is 7.85. The molecule has 1 aliphatic heterocycles. The molecule has 0 amide bonds. The van der Waals surface area contributed by atoms with E-state index in [-0.39, 0.29) is 4.90 Å². The van der Waals surface area contributed by atoms with Crippen LogP contribution in [0.3, 0.4) is 0 Å². The van der Waals surface area contributed by atoms with Crippen molar-refractivity contribution in [1.29, 1.82) is 0 Å². The van der Waals surface area contributed by atoms with Crippen LogP contribution in [0.15, 0.2) is 53.4 Å². The molecule has 0 aliphatic carbocycles. The van der Waals surface area contributed by atoms with Gasteiger partial charge in [0.1, 0.15) is 0 Å². The summed E-state index contributed by atoms with van der Waals surface area (Å²) in [5, 5.41) is 1.86. The van der Waals surface area contributed by atoms with E-state index in [9.17, 15) is 8.42 Å². The fourth-order valence-electron chi connectivity index (χ4n) is 2.23. The molecule has 118 valence electrons. The fourth-order valence-corrected chi connectivity index (χ4v) is 2.71. The molecule has 2 aromatic carbocycles. The summed E-state index contributed by atoms with van der Waals surface area (Å²) < 4.78 is 29.6. The maximum absolute atomic E-state index is 10.5. The molecule has 0 atom stereocenters. The van der Waals surface area contributed by atoms with Crippen LogP contribution in [-0.2, 0) is 23.1 Å². The summed E-state index contributed by atoms with van der Waals surface area (Å²) in [5.74, 6) is 5.68. The van der Waals surface area contributed by atoms with Crippen LogP contribution in [0.2, 0.25) is 0 Å². The Bertz CT molecular complexity index is 727. The average molecular weight is 320 g/mol. The minimum Gasteiger partial charge on any atom is -0.282 e. The molecule has 1 aliphatic rings. The van der Waals surface area contributed by atoms with Gasteiger partial charge in [0.15, 0.2) is 0 Å². The van der Waals surface area contributed by atoms with Gasteiger partial charge in [0, 0.05) is 13.1 Å². The van der Waals surface area contributed by atoms with Crippen molar-refractivity contribution in [2.45, 2.75) is 24.8 Å². The van der Waals surface area contributed by atoms with E-state index < -0.39 is 10.1 Å². The Labute approximate surface area is 131 Å². The molecule has 0 saturated heterocycles. The molecule has 22 heavy (non-hydrogen) atoms. The molecule has 0 radical (unpaired) electrons. The summed E-state index contributed by atoms with van der Waals surface area (Å²) >= 11 is 0. The van der Waals surface area contributed by atoms with Crippen molar-refractivity contribution in [3.05, 3.63) is 65.2 Å². The molecule has 5 nitrogen and oxygen atoms in total. The first-order valence-corrected chi connectivity index (χ1v) is 8.41. The van der Waals surface area contributed by atoms with Crippen LogP contribution in [0, 0.1) is 6.92 Å². The van der Waals surface area contributed by atoms with Crippen LogP contribution in [-0.4, -0.2) is 24.5 Å². The van der Waals surface area contributed by atoms with Crippen molar-refractivity contribution in [3.63, 3.8) is 0 Å². The van der Waals surface area contributed by atoms with Gasteiger partial charge in [-0.15, -0.1) is 0 Å². The standard InChI is InChI=1S/C9H12N2.C7H8O3S/c10-11-6-5-8-3-1-2-4-9(8)7-11;1-6-2-4-7(5-3-6)11(8,9)10/h1-4H,5-7,10H2;2-5H,1H3,(H,8,9,10). The lowest BCUT2D eigenvalue weighted by atomic mass is 10.0. The number of aryl methyl sites for hydroxylation is 1. The summed E-state index contributed by atoms with van der Waals surface area (Å²) in [6, 6.07) is 14.5. The van der Waals surface area contributed by atoms with Gasteiger partial charge in [0.2, 0.25) is 0 Å². The minimum atomic E-state index is -4.02. The van der Waals surface area contributed by atoms with Crippen molar-refractivity contribution in [1.82, 2.24) is 5.01 Å². The van der Waals surface area contributed by atoms with Crippen LogP contribution in [0.1, 0.15) is 16.7 Å². The highest BCUT2D eigenvalue weighted by atomic mass is 32.2. The molecule has 3 rings (SSSR count). The Hall–Kier alpha value is -1.73. The summed E-state index contributed by atoms with van der Waals surface area (Å²) in [4.78, 5) is -0.0666. The zero-order valence-corrected chi connectivity index (χ0v) is 13.3. The SMILES string of the molecule is Cc1ccc(S(=O)(=O)O)cc1.NN1CCc2ccccc2C1. The van der Waals surface area contributed by atoms with Crippen molar-refractivity contribution in [2.24, 2.45) is 5.84 Å². The molecule has 0 bridgehead atoms. The summed E-state index contributed by atoms with van der Waals surface area (Å²) in [5.41, 5.74) is 3.79. The fraction of sp³-hybridized carbons (Fsp3) is 0.250. The number of hydrogen-bond acceptors (Lipinski definition) is 4.